The van der Waals surface area contributed by atoms with Gasteiger partial charge in [0.15, 0.2) is 12.2 Å². The first-order valence-electron chi connectivity index (χ1n) is 38.2. The highest BCUT2D eigenvalue weighted by molar-refractivity contribution is 7.47. The Morgan fingerprint density at radius 2 is 0.521 bits per heavy atom. The zero-order valence-electron chi connectivity index (χ0n) is 60.2. The number of allylic oxidation sites excluding steroid dienone is 6. The second-order valence-corrected chi connectivity index (χ2v) is 28.9. The summed E-state index contributed by atoms with van der Waals surface area (Å²) in [4.78, 5) is 72.7. The Bertz CT molecular complexity index is 1930. The first-order valence-corrected chi connectivity index (χ1v) is 41.2. The summed E-state index contributed by atoms with van der Waals surface area (Å²) in [5, 5.41) is 10.6. The van der Waals surface area contributed by atoms with Gasteiger partial charge in [-0.25, -0.2) is 9.13 Å². The number of rotatable bonds is 73. The van der Waals surface area contributed by atoms with Gasteiger partial charge in [0.25, 0.3) is 0 Å². The highest BCUT2D eigenvalue weighted by atomic mass is 31.2. The Kier molecular flexibility index (Phi) is 66.8. The van der Waals surface area contributed by atoms with Crippen molar-refractivity contribution in [2.45, 2.75) is 380 Å². The van der Waals surface area contributed by atoms with Crippen molar-refractivity contribution < 1.29 is 80.2 Å². The van der Waals surface area contributed by atoms with E-state index in [0.29, 0.717) is 25.7 Å². The van der Waals surface area contributed by atoms with Crippen LogP contribution in [0, 0.1) is 0 Å². The van der Waals surface area contributed by atoms with Crippen LogP contribution in [0.5, 0.6) is 0 Å². The smallest absolute Gasteiger partial charge is 0.462 e. The van der Waals surface area contributed by atoms with E-state index in [1.165, 1.54) is 148 Å². The summed E-state index contributed by atoms with van der Waals surface area (Å²) < 4.78 is 68.4. The number of phosphoric acid groups is 2. The largest absolute Gasteiger partial charge is 0.472 e. The van der Waals surface area contributed by atoms with E-state index < -0.39 is 97.5 Å². The standard InChI is InChI=1S/C75H140O17P2/c1-5-9-13-17-21-25-29-33-34-38-40-44-48-52-56-60-73(78)86-66-71(92-75(80)62-58-54-50-46-42-37-32-28-24-20-16-12-8-4)68-90-94(83,84)88-64-69(76)63-87-93(81,82)89-67-70(91-74(79)61-57-53-49-45-41-36-31-27-23-19-15-11-7-3)65-85-72(77)59-55-51-47-43-39-35-30-26-22-18-14-10-6-2/h21,25-26,30,33-34,69-71,76H,5-20,22-24,27-29,31-32,35-68H2,1-4H3,(H,81,82)(H,83,84)/b25-21-,30-26-,34-33-. The van der Waals surface area contributed by atoms with Crippen LogP contribution >= 0.6 is 15.6 Å². The first kappa shape index (κ1) is 91.3. The third-order valence-corrected chi connectivity index (χ3v) is 18.5. The summed E-state index contributed by atoms with van der Waals surface area (Å²) in [6, 6.07) is 0. The van der Waals surface area contributed by atoms with Crippen molar-refractivity contribution in [2.75, 3.05) is 39.6 Å². The topological polar surface area (TPSA) is 237 Å². The number of carbonyl (C=O) groups is 4. The van der Waals surface area contributed by atoms with E-state index in [0.717, 1.165) is 135 Å². The molecule has 0 aromatic heterocycles. The van der Waals surface area contributed by atoms with Crippen LogP contribution in [0.2, 0.25) is 0 Å². The van der Waals surface area contributed by atoms with Gasteiger partial charge in [-0.05, 0) is 83.5 Å². The van der Waals surface area contributed by atoms with Gasteiger partial charge >= 0.3 is 39.5 Å². The number of aliphatic hydroxyl groups excluding tert-OH is 1. The number of phosphoric ester groups is 2. The second-order valence-electron chi connectivity index (χ2n) is 26.0. The Morgan fingerprint density at radius 1 is 0.298 bits per heavy atom. The van der Waals surface area contributed by atoms with Crippen LogP contribution in [0.1, 0.15) is 362 Å². The molecule has 19 heteroatoms. The van der Waals surface area contributed by atoms with E-state index in [-0.39, 0.29) is 25.7 Å². The van der Waals surface area contributed by atoms with Gasteiger partial charge in [-0.3, -0.25) is 37.3 Å². The van der Waals surface area contributed by atoms with Crippen LogP contribution in [0.3, 0.4) is 0 Å². The molecule has 0 bridgehead atoms. The van der Waals surface area contributed by atoms with Gasteiger partial charge in [0.05, 0.1) is 26.4 Å². The molecule has 0 aliphatic carbocycles. The average Bonchev–Trinajstić information content (AvgIpc) is 1.67. The molecule has 0 heterocycles. The minimum absolute atomic E-state index is 0.100. The number of aliphatic hydroxyl groups is 1. The van der Waals surface area contributed by atoms with Crippen molar-refractivity contribution in [2.24, 2.45) is 0 Å². The van der Waals surface area contributed by atoms with Crippen molar-refractivity contribution in [1.82, 2.24) is 0 Å². The molecule has 0 amide bonds. The molecule has 0 aliphatic rings. The number of ether oxygens (including phenoxy) is 4. The lowest BCUT2D eigenvalue weighted by Crippen LogP contribution is -2.30. The van der Waals surface area contributed by atoms with Gasteiger partial charge in [-0.2, -0.15) is 0 Å². The highest BCUT2D eigenvalue weighted by Crippen LogP contribution is 2.45. The van der Waals surface area contributed by atoms with Crippen molar-refractivity contribution >= 4 is 39.5 Å². The minimum Gasteiger partial charge on any atom is -0.462 e. The molecule has 0 fully saturated rings. The number of hydrogen-bond acceptors (Lipinski definition) is 15. The molecule has 552 valence electrons. The lowest BCUT2D eigenvalue weighted by molar-refractivity contribution is -0.161. The molecule has 0 radical (unpaired) electrons. The molecular weight excluding hydrogens is 1230 g/mol. The first-order chi connectivity index (χ1) is 45.7. The fourth-order valence-electron chi connectivity index (χ4n) is 10.7. The van der Waals surface area contributed by atoms with E-state index in [1.807, 2.05) is 0 Å². The Hall–Kier alpha value is -2.72. The molecule has 0 aliphatic heterocycles. The molecule has 0 saturated carbocycles. The molecule has 5 unspecified atom stereocenters. The third kappa shape index (κ3) is 67.8. The predicted octanol–water partition coefficient (Wildman–Crippen LogP) is 21.6. The third-order valence-electron chi connectivity index (χ3n) is 16.6. The van der Waals surface area contributed by atoms with Gasteiger partial charge in [0.1, 0.15) is 19.3 Å². The van der Waals surface area contributed by atoms with Gasteiger partial charge < -0.3 is 33.8 Å². The van der Waals surface area contributed by atoms with Crippen LogP contribution in [0.15, 0.2) is 36.5 Å². The van der Waals surface area contributed by atoms with Crippen molar-refractivity contribution in [3.05, 3.63) is 36.5 Å². The Balaban J connectivity index is 5.30. The lowest BCUT2D eigenvalue weighted by atomic mass is 10.0. The zero-order chi connectivity index (χ0) is 69.0. The van der Waals surface area contributed by atoms with E-state index in [1.54, 1.807) is 0 Å². The quantitative estimate of drug-likeness (QED) is 0.0169. The molecule has 3 N–H and O–H groups in total. The van der Waals surface area contributed by atoms with Gasteiger partial charge in [0.2, 0.25) is 0 Å². The number of carbonyl (C=O) groups excluding carboxylic acids is 4. The van der Waals surface area contributed by atoms with Crippen LogP contribution in [0.4, 0.5) is 0 Å². The maximum Gasteiger partial charge on any atom is 0.472 e. The van der Waals surface area contributed by atoms with E-state index >= 15 is 0 Å². The van der Waals surface area contributed by atoms with Gasteiger partial charge in [0, 0.05) is 25.7 Å². The monoisotopic (exact) mass is 1370 g/mol. The molecule has 0 aromatic carbocycles. The van der Waals surface area contributed by atoms with Crippen LogP contribution in [0.25, 0.3) is 0 Å². The van der Waals surface area contributed by atoms with Crippen LogP contribution in [-0.4, -0.2) is 96.7 Å². The zero-order valence-corrected chi connectivity index (χ0v) is 61.9. The molecule has 0 rings (SSSR count). The summed E-state index contributed by atoms with van der Waals surface area (Å²) in [6.07, 6.45) is 62.7. The summed E-state index contributed by atoms with van der Waals surface area (Å²) >= 11 is 0. The van der Waals surface area contributed by atoms with Crippen molar-refractivity contribution in [1.29, 1.82) is 0 Å². The summed E-state index contributed by atoms with van der Waals surface area (Å²) in [5.74, 6) is -2.16. The van der Waals surface area contributed by atoms with Crippen LogP contribution in [-0.2, 0) is 65.4 Å². The second kappa shape index (κ2) is 68.8. The summed E-state index contributed by atoms with van der Waals surface area (Å²) in [7, 11) is -9.92. The number of esters is 4. The molecular formula is C75H140O17P2. The maximum absolute atomic E-state index is 13.1. The van der Waals surface area contributed by atoms with Crippen LogP contribution < -0.4 is 0 Å². The average molecular weight is 1380 g/mol. The predicted molar refractivity (Wildman–Crippen MR) is 381 cm³/mol. The SMILES string of the molecule is CCCCC/C=C\C/C=C\CCCCCCCC(=O)OCC(COP(=O)(O)OCC(O)COP(=O)(O)OCC(COC(=O)CCCCCCC/C=C\CCCCCC)OC(=O)CCCCCCCCCCCCCCC)OC(=O)CCCCCCCCCCCCCCC. The van der Waals surface area contributed by atoms with Crippen molar-refractivity contribution in [3.63, 3.8) is 0 Å². The fraction of sp³-hybridized carbons (Fsp3) is 0.867. The molecule has 0 saturated heterocycles. The fourth-order valence-corrected chi connectivity index (χ4v) is 12.3. The molecule has 0 aromatic rings. The molecule has 94 heavy (non-hydrogen) atoms. The highest BCUT2D eigenvalue weighted by Gasteiger charge is 2.30. The van der Waals surface area contributed by atoms with Gasteiger partial charge in [-0.1, -0.05) is 289 Å². The van der Waals surface area contributed by atoms with E-state index in [9.17, 15) is 43.2 Å². The summed E-state index contributed by atoms with van der Waals surface area (Å²) in [6.45, 7) is 4.88. The normalized spacial score (nSPS) is 14.2. The molecule has 0 spiro atoms. The minimum atomic E-state index is -4.96. The number of hydrogen-bond donors (Lipinski definition) is 3. The summed E-state index contributed by atoms with van der Waals surface area (Å²) in [5.41, 5.74) is 0. The van der Waals surface area contributed by atoms with Crippen molar-refractivity contribution in [3.8, 4) is 0 Å². The molecule has 5 atom stereocenters. The maximum atomic E-state index is 13.1. The van der Waals surface area contributed by atoms with Gasteiger partial charge in [-0.15, -0.1) is 0 Å². The Labute approximate surface area is 573 Å². The Morgan fingerprint density at radius 3 is 0.830 bits per heavy atom. The lowest BCUT2D eigenvalue weighted by Gasteiger charge is -2.21. The molecule has 17 nitrogen and oxygen atoms in total. The number of unbranched alkanes of at least 4 members (excludes halogenated alkanes) is 41. The van der Waals surface area contributed by atoms with E-state index in [2.05, 4.69) is 64.2 Å². The van der Waals surface area contributed by atoms with E-state index in [4.69, 9.17) is 37.0 Å².